The molecule has 0 unspecified atom stereocenters. The third-order valence-corrected chi connectivity index (χ3v) is 7.58. The normalized spacial score (nSPS) is 16.2. The van der Waals surface area contributed by atoms with Gasteiger partial charge in [0.25, 0.3) is 0 Å². The van der Waals surface area contributed by atoms with Gasteiger partial charge in [0.2, 0.25) is 11.8 Å². The molecule has 2 aliphatic heterocycles. The Morgan fingerprint density at radius 2 is 1.46 bits per heavy atom. The van der Waals surface area contributed by atoms with E-state index in [1.54, 1.807) is 0 Å². The van der Waals surface area contributed by atoms with Crippen molar-refractivity contribution in [3.63, 3.8) is 0 Å². The summed E-state index contributed by atoms with van der Waals surface area (Å²) in [5.41, 5.74) is 8.67. The first-order chi connectivity index (χ1) is 20.0. The maximum atomic E-state index is 13.3. The molecule has 2 N–H and O–H groups in total. The van der Waals surface area contributed by atoms with Crippen molar-refractivity contribution in [3.8, 4) is 22.6 Å². The number of ether oxygens (including phenoxy) is 2. The van der Waals surface area contributed by atoms with Crippen LogP contribution >= 0.6 is 0 Å². The van der Waals surface area contributed by atoms with Gasteiger partial charge in [-0.2, -0.15) is 0 Å². The average Bonchev–Trinajstić information content (AvgIpc) is 3.38. The molecule has 4 heterocycles. The van der Waals surface area contributed by atoms with Crippen LogP contribution in [-0.4, -0.2) is 100 Å². The van der Waals surface area contributed by atoms with Crippen LogP contribution in [0.25, 0.3) is 22.2 Å². The summed E-state index contributed by atoms with van der Waals surface area (Å²) in [7, 11) is 0. The lowest BCUT2D eigenvalue weighted by atomic mass is 10.1. The third-order valence-electron chi connectivity index (χ3n) is 7.58. The molecule has 212 valence electrons. The van der Waals surface area contributed by atoms with Gasteiger partial charge in [-0.3, -0.25) is 14.5 Å². The topological polar surface area (TPSA) is 119 Å². The maximum Gasteiger partial charge on any atom is 0.242 e. The van der Waals surface area contributed by atoms with Crippen LogP contribution in [0.2, 0.25) is 0 Å². The lowest BCUT2D eigenvalue weighted by molar-refractivity contribution is -0.138. The van der Waals surface area contributed by atoms with E-state index in [9.17, 15) is 9.59 Å². The van der Waals surface area contributed by atoms with E-state index in [-0.39, 0.29) is 18.4 Å². The number of nitrogens with zero attached hydrogens (tertiary/aromatic N) is 6. The number of aromatic nitrogens is 3. The van der Waals surface area contributed by atoms with Gasteiger partial charge in [0.15, 0.2) is 0 Å². The van der Waals surface area contributed by atoms with Crippen LogP contribution in [0.1, 0.15) is 0 Å². The fraction of sp³-hybridized carbons (Fsp3) is 0.333. The van der Waals surface area contributed by atoms with Crippen molar-refractivity contribution in [1.82, 2.24) is 29.2 Å². The first-order valence-electron chi connectivity index (χ1n) is 13.8. The van der Waals surface area contributed by atoms with Gasteiger partial charge < -0.3 is 29.6 Å². The highest BCUT2D eigenvalue weighted by atomic mass is 16.5. The number of amides is 2. The molecule has 0 atom stereocenters. The Labute approximate surface area is 238 Å². The molecule has 0 bridgehead atoms. The number of carbonyl (C=O) groups is 2. The van der Waals surface area contributed by atoms with Crippen molar-refractivity contribution in [3.05, 3.63) is 67.1 Å². The number of piperazine rings is 1. The Balaban J connectivity index is 1.13. The number of morpholine rings is 1. The number of nitrogen functional groups attached to an aromatic ring is 1. The molecule has 2 aromatic heterocycles. The van der Waals surface area contributed by atoms with E-state index in [4.69, 9.17) is 15.2 Å². The number of benzene rings is 2. The minimum absolute atomic E-state index is 0.00333. The number of hydrogen-bond acceptors (Lipinski definition) is 8. The van der Waals surface area contributed by atoms with Crippen LogP contribution in [0, 0.1) is 0 Å². The minimum atomic E-state index is -0.00333. The quantitative estimate of drug-likeness (QED) is 0.370. The minimum Gasteiger partial charge on any atom is -0.457 e. The van der Waals surface area contributed by atoms with Crippen LogP contribution in [0.5, 0.6) is 11.5 Å². The number of hydrogen-bond donors (Lipinski definition) is 1. The van der Waals surface area contributed by atoms with Gasteiger partial charge in [-0.25, -0.2) is 9.97 Å². The monoisotopic (exact) mass is 555 g/mol. The predicted octanol–water partition coefficient (Wildman–Crippen LogP) is 2.48. The first kappa shape index (κ1) is 26.7. The lowest BCUT2D eigenvalue weighted by Crippen LogP contribution is -2.53. The number of nitrogens with two attached hydrogens (primary N) is 1. The summed E-state index contributed by atoms with van der Waals surface area (Å²) in [6.07, 6.45) is 3.33. The van der Waals surface area contributed by atoms with Crippen LogP contribution < -0.4 is 10.5 Å². The molecule has 2 fully saturated rings. The van der Waals surface area contributed by atoms with Crippen molar-refractivity contribution in [2.24, 2.45) is 0 Å². The van der Waals surface area contributed by atoms with E-state index >= 15 is 0 Å². The number of fused-ring (bicyclic) bond motifs is 1. The van der Waals surface area contributed by atoms with E-state index in [2.05, 4.69) is 14.9 Å². The third kappa shape index (κ3) is 6.01. The zero-order valence-electron chi connectivity index (χ0n) is 22.8. The summed E-state index contributed by atoms with van der Waals surface area (Å²) in [4.78, 5) is 40.4. The number of carbonyl (C=O) groups excluding carboxylic acids is 2. The highest BCUT2D eigenvalue weighted by molar-refractivity contribution is 6.01. The first-order valence-corrected chi connectivity index (χ1v) is 13.8. The van der Waals surface area contributed by atoms with Crippen LogP contribution in [0.4, 0.5) is 5.82 Å². The average molecular weight is 556 g/mol. The Bertz CT molecular complexity index is 1510. The van der Waals surface area contributed by atoms with Crippen LogP contribution in [-0.2, 0) is 20.9 Å². The van der Waals surface area contributed by atoms with Gasteiger partial charge in [0.05, 0.1) is 25.1 Å². The molecular weight excluding hydrogens is 522 g/mol. The van der Waals surface area contributed by atoms with E-state index in [1.165, 1.54) is 6.33 Å². The molecule has 2 aromatic carbocycles. The van der Waals surface area contributed by atoms with Crippen molar-refractivity contribution >= 4 is 28.7 Å². The van der Waals surface area contributed by atoms with E-state index < -0.39 is 0 Å². The van der Waals surface area contributed by atoms with Gasteiger partial charge in [-0.05, 0) is 29.8 Å². The molecule has 2 amide bonds. The van der Waals surface area contributed by atoms with Crippen molar-refractivity contribution in [1.29, 1.82) is 0 Å². The van der Waals surface area contributed by atoms with Gasteiger partial charge in [-0.1, -0.05) is 30.3 Å². The van der Waals surface area contributed by atoms with Crippen molar-refractivity contribution < 1.29 is 19.1 Å². The summed E-state index contributed by atoms with van der Waals surface area (Å²) in [6, 6.07) is 17.3. The second kappa shape index (κ2) is 11.9. The zero-order chi connectivity index (χ0) is 28.2. The van der Waals surface area contributed by atoms with Gasteiger partial charge in [-0.15, -0.1) is 0 Å². The molecule has 11 heteroatoms. The van der Waals surface area contributed by atoms with Crippen LogP contribution in [0.15, 0.2) is 67.1 Å². The Kier molecular flexibility index (Phi) is 7.79. The molecule has 2 aliphatic rings. The molecule has 0 spiro atoms. The largest absolute Gasteiger partial charge is 0.457 e. The summed E-state index contributed by atoms with van der Waals surface area (Å²) in [6.45, 7) is 5.44. The molecule has 0 aliphatic carbocycles. The van der Waals surface area contributed by atoms with Gasteiger partial charge in [0, 0.05) is 51.0 Å². The standard InChI is InChI=1S/C30H33N7O4/c31-29-28-25(22-6-8-24(9-7-22)41-23-4-2-1-3-5-23)18-37(30(28)33-21-32-29)20-27(39)35-12-10-34(11-13-35)19-26(38)36-14-16-40-17-15-36/h1-9,18,21H,10-17,19-20H2,(H2,31,32,33). The highest BCUT2D eigenvalue weighted by Gasteiger charge is 2.26. The predicted molar refractivity (Wildman–Crippen MR) is 154 cm³/mol. The fourth-order valence-corrected chi connectivity index (χ4v) is 5.32. The van der Waals surface area contributed by atoms with E-state index in [0.29, 0.717) is 81.6 Å². The molecule has 0 saturated carbocycles. The Morgan fingerprint density at radius 3 is 2.20 bits per heavy atom. The molecule has 41 heavy (non-hydrogen) atoms. The zero-order valence-corrected chi connectivity index (χ0v) is 22.8. The molecule has 4 aromatic rings. The van der Waals surface area contributed by atoms with Gasteiger partial charge in [0.1, 0.15) is 35.8 Å². The molecule has 2 saturated heterocycles. The van der Waals surface area contributed by atoms with Crippen molar-refractivity contribution in [2.45, 2.75) is 6.54 Å². The van der Waals surface area contributed by atoms with E-state index in [1.807, 2.05) is 75.2 Å². The van der Waals surface area contributed by atoms with Gasteiger partial charge >= 0.3 is 0 Å². The lowest BCUT2D eigenvalue weighted by Gasteiger charge is -2.36. The molecule has 11 nitrogen and oxygen atoms in total. The fourth-order valence-electron chi connectivity index (χ4n) is 5.32. The second-order valence-corrected chi connectivity index (χ2v) is 10.2. The van der Waals surface area contributed by atoms with Crippen LogP contribution in [0.3, 0.4) is 0 Å². The Hall–Kier alpha value is -4.48. The number of rotatable bonds is 7. The molecule has 6 rings (SSSR count). The summed E-state index contributed by atoms with van der Waals surface area (Å²) in [5.74, 6) is 1.96. The number of para-hydroxylation sites is 1. The molecular formula is C30H33N7O4. The molecule has 0 radical (unpaired) electrons. The smallest absolute Gasteiger partial charge is 0.242 e. The van der Waals surface area contributed by atoms with E-state index in [0.717, 1.165) is 16.9 Å². The second-order valence-electron chi connectivity index (χ2n) is 10.2. The SMILES string of the molecule is Nc1ncnc2c1c(-c1ccc(Oc3ccccc3)cc1)cn2CC(=O)N1CCN(CC(=O)N2CCOCC2)CC1. The van der Waals surface area contributed by atoms with Crippen molar-refractivity contribution in [2.75, 3.05) is 64.8 Å². The maximum absolute atomic E-state index is 13.3. The summed E-state index contributed by atoms with van der Waals surface area (Å²) in [5, 5.41) is 0.712. The Morgan fingerprint density at radius 1 is 0.805 bits per heavy atom. The summed E-state index contributed by atoms with van der Waals surface area (Å²) < 4.78 is 13.1. The summed E-state index contributed by atoms with van der Waals surface area (Å²) >= 11 is 0. The highest BCUT2D eigenvalue weighted by Crippen LogP contribution is 2.34. The number of anilines is 1.